The van der Waals surface area contributed by atoms with Gasteiger partial charge in [-0.3, -0.25) is 0 Å². The van der Waals surface area contributed by atoms with Crippen LogP contribution in [0, 0.1) is 23.0 Å². The van der Waals surface area contributed by atoms with Crippen molar-refractivity contribution in [2.75, 3.05) is 0 Å². The monoisotopic (exact) mass is 309 g/mol. The molecule has 2 aromatic carbocycles. The van der Waals surface area contributed by atoms with Gasteiger partial charge in [-0.2, -0.15) is 5.26 Å². The maximum absolute atomic E-state index is 13.4. The van der Waals surface area contributed by atoms with E-state index in [1.807, 2.05) is 6.07 Å². The smallest absolute Gasteiger partial charge is 0.168 e. The van der Waals surface area contributed by atoms with Crippen molar-refractivity contribution < 1.29 is 13.5 Å². The van der Waals surface area contributed by atoms with Crippen LogP contribution in [-0.4, -0.2) is 0 Å². The summed E-state index contributed by atoms with van der Waals surface area (Å²) in [4.78, 5) is 0. The topological polar surface area (TPSA) is 33.0 Å². The third-order valence-corrected chi connectivity index (χ3v) is 2.58. The fourth-order valence-corrected chi connectivity index (χ4v) is 1.84. The summed E-state index contributed by atoms with van der Waals surface area (Å²) in [6, 6.07) is 9.64. The van der Waals surface area contributed by atoms with Crippen molar-refractivity contribution in [2.45, 2.75) is 0 Å². The van der Waals surface area contributed by atoms with Gasteiger partial charge in [0, 0.05) is 10.5 Å². The average Bonchev–Trinajstić information content (AvgIpc) is 2.32. The molecule has 0 bridgehead atoms. The van der Waals surface area contributed by atoms with E-state index in [0.29, 0.717) is 15.8 Å². The summed E-state index contributed by atoms with van der Waals surface area (Å²) in [6.45, 7) is 0. The van der Waals surface area contributed by atoms with Crippen molar-refractivity contribution in [1.29, 1.82) is 5.26 Å². The van der Waals surface area contributed by atoms with Gasteiger partial charge in [0.1, 0.15) is 11.6 Å². The third kappa shape index (κ3) is 2.84. The fourth-order valence-electron chi connectivity index (χ4n) is 1.37. The van der Waals surface area contributed by atoms with E-state index in [9.17, 15) is 8.78 Å². The number of ether oxygens (including phenoxy) is 1. The van der Waals surface area contributed by atoms with Crippen LogP contribution < -0.4 is 4.74 Å². The maximum Gasteiger partial charge on any atom is 0.168 e. The van der Waals surface area contributed by atoms with Gasteiger partial charge in [-0.1, -0.05) is 15.9 Å². The fraction of sp³-hybridized carbons (Fsp3) is 0. The van der Waals surface area contributed by atoms with Crippen LogP contribution >= 0.6 is 15.9 Å². The molecule has 0 aromatic heterocycles. The highest BCUT2D eigenvalue weighted by molar-refractivity contribution is 9.10. The van der Waals surface area contributed by atoms with Gasteiger partial charge in [-0.25, -0.2) is 8.78 Å². The molecule has 0 saturated carbocycles. The summed E-state index contributed by atoms with van der Waals surface area (Å²) in [5.41, 5.74) is 0.377. The Labute approximate surface area is 111 Å². The Balaban J connectivity index is 2.34. The second-order valence-electron chi connectivity index (χ2n) is 3.46. The number of hydrogen-bond donors (Lipinski definition) is 0. The number of rotatable bonds is 2. The molecular formula is C13H6BrF2NO. The molecule has 5 heteroatoms. The molecule has 0 saturated heterocycles. The number of hydrogen-bond acceptors (Lipinski definition) is 2. The molecule has 2 aromatic rings. The van der Waals surface area contributed by atoms with Gasteiger partial charge in [0.2, 0.25) is 0 Å². The lowest BCUT2D eigenvalue weighted by atomic mass is 10.2. The largest absolute Gasteiger partial charge is 0.454 e. The number of nitriles is 1. The van der Waals surface area contributed by atoms with Crippen LogP contribution in [0.4, 0.5) is 8.78 Å². The predicted octanol–water partition coefficient (Wildman–Crippen LogP) is 4.39. The quantitative estimate of drug-likeness (QED) is 0.824. The van der Waals surface area contributed by atoms with E-state index in [2.05, 4.69) is 15.9 Å². The summed E-state index contributed by atoms with van der Waals surface area (Å²) in [5, 5.41) is 8.79. The van der Waals surface area contributed by atoms with Crippen LogP contribution in [0.1, 0.15) is 5.56 Å². The van der Waals surface area contributed by atoms with Crippen molar-refractivity contribution in [3.05, 3.63) is 58.1 Å². The molecule has 0 fully saturated rings. The van der Waals surface area contributed by atoms with Crippen LogP contribution in [0.3, 0.4) is 0 Å². The van der Waals surface area contributed by atoms with Crippen LogP contribution in [0.5, 0.6) is 11.5 Å². The predicted molar refractivity (Wildman–Crippen MR) is 65.3 cm³/mol. The summed E-state index contributed by atoms with van der Waals surface area (Å²) >= 11 is 3.21. The summed E-state index contributed by atoms with van der Waals surface area (Å²) < 4.78 is 32.0. The van der Waals surface area contributed by atoms with Crippen molar-refractivity contribution in [1.82, 2.24) is 0 Å². The third-order valence-electron chi connectivity index (χ3n) is 2.12. The van der Waals surface area contributed by atoms with Gasteiger partial charge in [-0.05, 0) is 30.3 Å². The van der Waals surface area contributed by atoms with E-state index in [-0.39, 0.29) is 5.75 Å². The van der Waals surface area contributed by atoms with Crippen molar-refractivity contribution in [3.8, 4) is 17.6 Å². The molecule has 0 atom stereocenters. The Kier molecular flexibility index (Phi) is 3.58. The number of nitrogens with zero attached hydrogens (tertiary/aromatic N) is 1. The van der Waals surface area contributed by atoms with Gasteiger partial charge >= 0.3 is 0 Å². The molecule has 0 radical (unpaired) electrons. The molecule has 18 heavy (non-hydrogen) atoms. The van der Waals surface area contributed by atoms with E-state index in [1.54, 1.807) is 12.1 Å². The minimum atomic E-state index is -0.798. The van der Waals surface area contributed by atoms with E-state index < -0.39 is 11.6 Å². The molecule has 0 spiro atoms. The molecular weight excluding hydrogens is 304 g/mol. The van der Waals surface area contributed by atoms with E-state index in [4.69, 9.17) is 10.00 Å². The van der Waals surface area contributed by atoms with E-state index >= 15 is 0 Å². The molecule has 0 unspecified atom stereocenters. The summed E-state index contributed by atoms with van der Waals surface area (Å²) in [5.74, 6) is -1.27. The SMILES string of the molecule is N#Cc1cc(Br)cc(Oc2ccc(F)cc2F)c1. The normalized spacial score (nSPS) is 9.89. The van der Waals surface area contributed by atoms with Crippen molar-refractivity contribution >= 4 is 15.9 Å². The van der Waals surface area contributed by atoms with Gasteiger partial charge in [0.05, 0.1) is 11.6 Å². The molecule has 2 nitrogen and oxygen atoms in total. The standard InChI is InChI=1S/C13H6BrF2NO/c14-9-3-8(7-17)4-11(5-9)18-13-2-1-10(15)6-12(13)16/h1-6H. The first-order chi connectivity index (χ1) is 8.58. The Hall–Kier alpha value is -1.93. The highest BCUT2D eigenvalue weighted by Crippen LogP contribution is 2.28. The average molecular weight is 310 g/mol. The zero-order chi connectivity index (χ0) is 13.1. The van der Waals surface area contributed by atoms with Crippen LogP contribution in [0.15, 0.2) is 40.9 Å². The molecule has 0 N–H and O–H groups in total. The lowest BCUT2D eigenvalue weighted by molar-refractivity contribution is 0.437. The van der Waals surface area contributed by atoms with E-state index in [1.165, 1.54) is 12.1 Å². The highest BCUT2D eigenvalue weighted by Gasteiger charge is 2.07. The first-order valence-corrected chi connectivity index (χ1v) is 5.71. The lowest BCUT2D eigenvalue weighted by Crippen LogP contribution is -1.90. The van der Waals surface area contributed by atoms with Gasteiger partial charge < -0.3 is 4.74 Å². The number of benzene rings is 2. The highest BCUT2D eigenvalue weighted by atomic mass is 79.9. The zero-order valence-corrected chi connectivity index (χ0v) is 10.5. The van der Waals surface area contributed by atoms with Crippen molar-refractivity contribution in [3.63, 3.8) is 0 Å². The summed E-state index contributed by atoms with van der Waals surface area (Å²) in [7, 11) is 0. The zero-order valence-electron chi connectivity index (χ0n) is 8.95. The van der Waals surface area contributed by atoms with Crippen LogP contribution in [-0.2, 0) is 0 Å². The summed E-state index contributed by atoms with van der Waals surface area (Å²) in [6.07, 6.45) is 0. The van der Waals surface area contributed by atoms with E-state index in [0.717, 1.165) is 12.1 Å². The lowest BCUT2D eigenvalue weighted by Gasteiger charge is -2.07. The molecule has 2 rings (SSSR count). The van der Waals surface area contributed by atoms with Gasteiger partial charge in [-0.15, -0.1) is 0 Å². The van der Waals surface area contributed by atoms with Gasteiger partial charge in [0.25, 0.3) is 0 Å². The number of halogens is 3. The Morgan fingerprint density at radius 1 is 1.11 bits per heavy atom. The van der Waals surface area contributed by atoms with Crippen LogP contribution in [0.2, 0.25) is 0 Å². The Morgan fingerprint density at radius 2 is 1.89 bits per heavy atom. The molecule has 0 aliphatic rings. The minimum absolute atomic E-state index is 0.0987. The van der Waals surface area contributed by atoms with Gasteiger partial charge in [0.15, 0.2) is 11.6 Å². The first-order valence-electron chi connectivity index (χ1n) is 4.92. The second-order valence-corrected chi connectivity index (χ2v) is 4.38. The molecule has 0 heterocycles. The Morgan fingerprint density at radius 3 is 2.56 bits per heavy atom. The molecule has 0 aliphatic heterocycles. The molecule has 0 amide bonds. The second kappa shape index (κ2) is 5.15. The minimum Gasteiger partial charge on any atom is -0.454 e. The maximum atomic E-state index is 13.4. The van der Waals surface area contributed by atoms with Crippen molar-refractivity contribution in [2.24, 2.45) is 0 Å². The first kappa shape index (κ1) is 12.5. The Bertz CT molecular complexity index is 637. The molecule has 0 aliphatic carbocycles. The molecule has 90 valence electrons. The van der Waals surface area contributed by atoms with Crippen LogP contribution in [0.25, 0.3) is 0 Å².